The van der Waals surface area contributed by atoms with Gasteiger partial charge in [0.25, 0.3) is 0 Å². The van der Waals surface area contributed by atoms with E-state index in [1.54, 1.807) is 13.8 Å². The van der Waals surface area contributed by atoms with Crippen molar-refractivity contribution in [1.82, 2.24) is 4.72 Å². The highest BCUT2D eigenvalue weighted by atomic mass is 79.9. The molecule has 9 heteroatoms. The Hall–Kier alpha value is -0.950. The molecule has 0 spiro atoms. The summed E-state index contributed by atoms with van der Waals surface area (Å²) in [6.45, 7) is 3.14. The highest BCUT2D eigenvalue weighted by Gasteiger charge is 2.26. The van der Waals surface area contributed by atoms with Gasteiger partial charge in [-0.1, -0.05) is 0 Å². The van der Waals surface area contributed by atoms with Crippen molar-refractivity contribution in [3.63, 3.8) is 0 Å². The van der Waals surface area contributed by atoms with Crippen LogP contribution in [0.1, 0.15) is 23.5 Å². The fourth-order valence-corrected chi connectivity index (χ4v) is 4.65. The number of nitrogens with one attached hydrogen (secondary N) is 1. The lowest BCUT2D eigenvalue weighted by Gasteiger charge is -2.15. The average Bonchev–Trinajstić information content (AvgIpc) is 2.70. The quantitative estimate of drug-likeness (QED) is 0.828. The summed E-state index contributed by atoms with van der Waals surface area (Å²) in [5.41, 5.74) is -0.842. The number of carboxylic acids is 1. The van der Waals surface area contributed by atoms with E-state index in [0.717, 1.165) is 17.4 Å². The fraction of sp³-hybridized carbons (Fsp3) is 0.400. The van der Waals surface area contributed by atoms with Gasteiger partial charge in [-0.2, -0.15) is 5.26 Å². The minimum absolute atomic E-state index is 0.0590. The number of nitriles is 1. The molecule has 1 rings (SSSR count). The van der Waals surface area contributed by atoms with Crippen molar-refractivity contribution < 1.29 is 18.3 Å². The van der Waals surface area contributed by atoms with E-state index in [-0.39, 0.29) is 20.1 Å². The number of rotatable bonds is 5. The maximum absolute atomic E-state index is 12.0. The number of thiophene rings is 1. The summed E-state index contributed by atoms with van der Waals surface area (Å²) < 4.78 is 26.5. The average molecular weight is 367 g/mol. The van der Waals surface area contributed by atoms with Crippen LogP contribution in [-0.2, 0) is 10.0 Å². The number of halogens is 1. The van der Waals surface area contributed by atoms with E-state index < -0.39 is 21.4 Å². The summed E-state index contributed by atoms with van der Waals surface area (Å²) in [5.74, 6) is -1.19. The van der Waals surface area contributed by atoms with Crippen LogP contribution in [0.15, 0.2) is 14.7 Å². The van der Waals surface area contributed by atoms with E-state index >= 15 is 0 Å². The molecule has 0 saturated carbocycles. The minimum Gasteiger partial charge on any atom is -0.477 e. The molecule has 0 aliphatic carbocycles. The SMILES string of the molecule is CC(C)(C#N)CNS(=O)(=O)c1cc(C(=O)O)sc1Br. The van der Waals surface area contributed by atoms with Crippen LogP contribution in [-0.4, -0.2) is 26.0 Å². The van der Waals surface area contributed by atoms with Crippen LogP contribution in [0.4, 0.5) is 0 Å². The van der Waals surface area contributed by atoms with Crippen LogP contribution >= 0.6 is 27.3 Å². The minimum atomic E-state index is -3.85. The van der Waals surface area contributed by atoms with Gasteiger partial charge in [0, 0.05) is 6.54 Å². The van der Waals surface area contributed by atoms with Gasteiger partial charge in [0.05, 0.1) is 15.3 Å². The molecule has 19 heavy (non-hydrogen) atoms. The van der Waals surface area contributed by atoms with Crippen LogP contribution in [0.2, 0.25) is 0 Å². The molecule has 1 aromatic heterocycles. The van der Waals surface area contributed by atoms with Gasteiger partial charge < -0.3 is 5.11 Å². The molecule has 0 unspecified atom stereocenters. The Morgan fingerprint density at radius 2 is 2.21 bits per heavy atom. The number of carbonyl (C=O) groups is 1. The summed E-state index contributed by atoms with van der Waals surface area (Å²) >= 11 is 3.85. The molecule has 0 bridgehead atoms. The van der Waals surface area contributed by atoms with Gasteiger partial charge in [-0.15, -0.1) is 11.3 Å². The molecule has 104 valence electrons. The van der Waals surface area contributed by atoms with Gasteiger partial charge in [0.2, 0.25) is 10.0 Å². The number of carboxylic acid groups (broad SMARTS) is 1. The molecule has 1 heterocycles. The standard InChI is InChI=1S/C10H11BrN2O4S2/c1-10(2,4-12)5-13-19(16,17)7-3-6(9(14)15)18-8(7)11/h3,13H,5H2,1-2H3,(H,14,15). The van der Waals surface area contributed by atoms with Crippen molar-refractivity contribution in [3.05, 3.63) is 14.7 Å². The third-order valence-corrected chi connectivity index (χ3v) is 5.80. The number of hydrogen-bond donors (Lipinski definition) is 2. The molecule has 0 radical (unpaired) electrons. The zero-order chi connectivity index (χ0) is 14.8. The summed E-state index contributed by atoms with van der Waals surface area (Å²) in [6.07, 6.45) is 0. The highest BCUT2D eigenvalue weighted by molar-refractivity contribution is 9.11. The van der Waals surface area contributed by atoms with Crippen molar-refractivity contribution in [1.29, 1.82) is 5.26 Å². The zero-order valence-corrected chi connectivity index (χ0v) is 13.3. The van der Waals surface area contributed by atoms with Gasteiger partial charge in [-0.25, -0.2) is 17.9 Å². The number of hydrogen-bond acceptors (Lipinski definition) is 5. The van der Waals surface area contributed by atoms with Crippen LogP contribution in [0, 0.1) is 16.7 Å². The Morgan fingerprint density at radius 1 is 1.63 bits per heavy atom. The largest absolute Gasteiger partial charge is 0.477 e. The first kappa shape index (κ1) is 16.1. The van der Waals surface area contributed by atoms with Crippen LogP contribution in [0.3, 0.4) is 0 Å². The lowest BCUT2D eigenvalue weighted by atomic mass is 9.97. The lowest BCUT2D eigenvalue weighted by molar-refractivity contribution is 0.0702. The second-order valence-electron chi connectivity index (χ2n) is 4.37. The van der Waals surface area contributed by atoms with Gasteiger partial charge in [-0.05, 0) is 35.8 Å². The molecule has 2 N–H and O–H groups in total. The Labute approximate surface area is 123 Å². The molecule has 1 aromatic rings. The van der Waals surface area contributed by atoms with Crippen molar-refractivity contribution in [2.75, 3.05) is 6.54 Å². The van der Waals surface area contributed by atoms with E-state index in [4.69, 9.17) is 10.4 Å². The van der Waals surface area contributed by atoms with Crippen LogP contribution in [0.5, 0.6) is 0 Å². The first-order valence-electron chi connectivity index (χ1n) is 5.02. The van der Waals surface area contributed by atoms with E-state index in [1.807, 2.05) is 6.07 Å². The van der Waals surface area contributed by atoms with Gasteiger partial charge >= 0.3 is 5.97 Å². The third kappa shape index (κ3) is 4.01. The summed E-state index contributed by atoms with van der Waals surface area (Å²) in [4.78, 5) is 10.6. The molecule has 0 aliphatic heterocycles. The second kappa shape index (κ2) is 5.58. The van der Waals surface area contributed by atoms with E-state index in [0.29, 0.717) is 0 Å². The Balaban J connectivity index is 3.02. The zero-order valence-electron chi connectivity index (χ0n) is 10.1. The maximum Gasteiger partial charge on any atom is 0.345 e. The van der Waals surface area contributed by atoms with Crippen LogP contribution < -0.4 is 4.72 Å². The van der Waals surface area contributed by atoms with Gasteiger partial charge in [0.1, 0.15) is 9.77 Å². The van der Waals surface area contributed by atoms with E-state index in [2.05, 4.69) is 20.7 Å². The normalized spacial score (nSPS) is 12.1. The molecule has 0 aromatic carbocycles. The van der Waals surface area contributed by atoms with E-state index in [1.165, 1.54) is 0 Å². The van der Waals surface area contributed by atoms with Crippen molar-refractivity contribution in [2.45, 2.75) is 18.7 Å². The number of nitrogens with zero attached hydrogens (tertiary/aromatic N) is 1. The first-order chi connectivity index (χ1) is 8.59. The topological polar surface area (TPSA) is 107 Å². The smallest absolute Gasteiger partial charge is 0.345 e. The first-order valence-corrected chi connectivity index (χ1v) is 8.12. The summed E-state index contributed by atoms with van der Waals surface area (Å²) in [6, 6.07) is 3.06. The second-order valence-corrected chi connectivity index (χ2v) is 8.48. The summed E-state index contributed by atoms with van der Waals surface area (Å²) in [5, 5.41) is 17.6. The fourth-order valence-electron chi connectivity index (χ4n) is 1.03. The highest BCUT2D eigenvalue weighted by Crippen LogP contribution is 2.31. The van der Waals surface area contributed by atoms with Gasteiger partial charge in [-0.3, -0.25) is 0 Å². The molecular weight excluding hydrogens is 356 g/mol. The molecule has 6 nitrogen and oxygen atoms in total. The summed E-state index contributed by atoms with van der Waals surface area (Å²) in [7, 11) is -3.85. The van der Waals surface area contributed by atoms with Crippen molar-refractivity contribution in [2.24, 2.45) is 5.41 Å². The Bertz CT molecular complexity index is 643. The lowest BCUT2D eigenvalue weighted by Crippen LogP contribution is -2.33. The Morgan fingerprint density at radius 3 is 2.63 bits per heavy atom. The monoisotopic (exact) mass is 366 g/mol. The Kier molecular flexibility index (Phi) is 4.73. The number of sulfonamides is 1. The molecule has 0 saturated heterocycles. The van der Waals surface area contributed by atoms with Crippen molar-refractivity contribution in [3.8, 4) is 6.07 Å². The molecule has 0 amide bonds. The molecular formula is C10H11BrN2O4S2. The van der Waals surface area contributed by atoms with Crippen molar-refractivity contribution >= 4 is 43.3 Å². The maximum atomic E-state index is 12.0. The molecule has 0 fully saturated rings. The van der Waals surface area contributed by atoms with E-state index in [9.17, 15) is 13.2 Å². The molecule has 0 aliphatic rings. The predicted molar refractivity (Wildman–Crippen MR) is 73.6 cm³/mol. The molecule has 0 atom stereocenters. The third-order valence-electron chi connectivity index (χ3n) is 2.16. The van der Waals surface area contributed by atoms with Crippen LogP contribution in [0.25, 0.3) is 0 Å². The van der Waals surface area contributed by atoms with Gasteiger partial charge in [0.15, 0.2) is 0 Å². The number of aromatic carboxylic acids is 1. The predicted octanol–water partition coefficient (Wildman–Crippen LogP) is 2.04.